The van der Waals surface area contributed by atoms with Crippen LogP contribution in [-0.4, -0.2) is 20.6 Å². The smallest absolute Gasteiger partial charge is 0.497 e. The largest absolute Gasteiger partial charge is 1.00 e. The molecule has 1 aromatic rings. The average molecular weight is 258 g/mol. The van der Waals surface area contributed by atoms with Crippen LogP contribution in [0.1, 0.15) is 5.56 Å². The van der Waals surface area contributed by atoms with Gasteiger partial charge in [-0.15, -0.1) is 0 Å². The van der Waals surface area contributed by atoms with Crippen molar-refractivity contribution < 1.29 is 73.8 Å². The van der Waals surface area contributed by atoms with E-state index in [-0.39, 0.29) is 58.0 Å². The van der Waals surface area contributed by atoms with Crippen LogP contribution in [0.3, 0.4) is 0 Å². The summed E-state index contributed by atoms with van der Waals surface area (Å²) in [6, 6.07) is 6.75. The van der Waals surface area contributed by atoms with Crippen molar-refractivity contribution in [2.75, 3.05) is 13.6 Å². The molecule has 0 atom stereocenters. The number of benzene rings is 1. The predicted molar refractivity (Wildman–Crippen MR) is 51.7 cm³/mol. The standard InChI is InChI=1S/C9H11BF3O2.K/c1-14-9-4-2-3-8(5-9)6-15-7-10(11,12)13;/h2-5H,6-7H2,1H3;/q-1;+1. The first-order valence-corrected chi connectivity index (χ1v) is 4.43. The summed E-state index contributed by atoms with van der Waals surface area (Å²) >= 11 is 0. The van der Waals surface area contributed by atoms with Gasteiger partial charge >= 0.3 is 58.4 Å². The zero-order chi connectivity index (χ0) is 11.3. The molecule has 0 amide bonds. The van der Waals surface area contributed by atoms with Gasteiger partial charge in [-0.1, -0.05) is 12.1 Å². The molecule has 0 saturated heterocycles. The molecule has 0 unspecified atom stereocenters. The first-order valence-electron chi connectivity index (χ1n) is 4.43. The second-order valence-electron chi connectivity index (χ2n) is 3.08. The third kappa shape index (κ3) is 6.93. The summed E-state index contributed by atoms with van der Waals surface area (Å²) in [7, 11) is 1.50. The van der Waals surface area contributed by atoms with Crippen molar-refractivity contribution >= 4 is 6.98 Å². The molecular weight excluding hydrogens is 247 g/mol. The van der Waals surface area contributed by atoms with Crippen molar-refractivity contribution in [1.82, 2.24) is 0 Å². The summed E-state index contributed by atoms with van der Waals surface area (Å²) in [5.41, 5.74) is 0.661. The summed E-state index contributed by atoms with van der Waals surface area (Å²) in [5, 5.41) is 0. The monoisotopic (exact) mass is 258 g/mol. The van der Waals surface area contributed by atoms with Gasteiger partial charge in [-0.3, -0.25) is 0 Å². The van der Waals surface area contributed by atoms with E-state index in [2.05, 4.69) is 4.74 Å². The molecule has 0 aliphatic carbocycles. The predicted octanol–water partition coefficient (Wildman–Crippen LogP) is -0.398. The second kappa shape index (κ2) is 7.73. The maximum absolute atomic E-state index is 11.8. The fraction of sp³-hybridized carbons (Fsp3) is 0.333. The minimum absolute atomic E-state index is 0. The SMILES string of the molecule is COc1cccc(COC[B-](F)(F)F)c1.[K+]. The van der Waals surface area contributed by atoms with Gasteiger partial charge in [0.2, 0.25) is 0 Å². The first-order chi connectivity index (χ1) is 7.01. The maximum atomic E-state index is 11.8. The summed E-state index contributed by atoms with van der Waals surface area (Å²) in [6.45, 7) is -6.09. The maximum Gasteiger partial charge on any atom is 1.00 e. The van der Waals surface area contributed by atoms with E-state index in [9.17, 15) is 12.9 Å². The Labute approximate surface area is 135 Å². The van der Waals surface area contributed by atoms with E-state index >= 15 is 0 Å². The normalized spacial score (nSPS) is 10.8. The molecule has 0 N–H and O–H groups in total. The van der Waals surface area contributed by atoms with Crippen LogP contribution in [0.15, 0.2) is 24.3 Å². The first kappa shape index (κ1) is 16.5. The van der Waals surface area contributed by atoms with Gasteiger partial charge < -0.3 is 22.4 Å². The zero-order valence-corrected chi connectivity index (χ0v) is 12.4. The van der Waals surface area contributed by atoms with Crippen LogP contribution >= 0.6 is 0 Å². The number of methoxy groups -OCH3 is 1. The Morgan fingerprint density at radius 3 is 2.50 bits per heavy atom. The molecule has 0 radical (unpaired) electrons. The number of rotatable bonds is 5. The van der Waals surface area contributed by atoms with Gasteiger partial charge in [0.05, 0.1) is 13.7 Å². The van der Waals surface area contributed by atoms with Crippen LogP contribution < -0.4 is 56.1 Å². The third-order valence-electron chi connectivity index (χ3n) is 1.71. The topological polar surface area (TPSA) is 18.5 Å². The fourth-order valence-corrected chi connectivity index (χ4v) is 1.07. The molecule has 0 heterocycles. The summed E-state index contributed by atoms with van der Waals surface area (Å²) in [6.07, 6.45) is 0. The van der Waals surface area contributed by atoms with Gasteiger partial charge in [0.1, 0.15) is 5.75 Å². The molecule has 84 valence electrons. The van der Waals surface area contributed by atoms with E-state index in [1.807, 2.05) is 0 Å². The number of halogens is 3. The summed E-state index contributed by atoms with van der Waals surface area (Å²) in [5.74, 6) is 0.605. The molecule has 1 aromatic carbocycles. The van der Waals surface area contributed by atoms with Gasteiger partial charge in [0.15, 0.2) is 0 Å². The quantitative estimate of drug-likeness (QED) is 0.669. The van der Waals surface area contributed by atoms with Crippen molar-refractivity contribution in [3.8, 4) is 5.75 Å². The summed E-state index contributed by atoms with van der Waals surface area (Å²) < 4.78 is 44.9. The van der Waals surface area contributed by atoms with Crippen LogP contribution in [0.25, 0.3) is 0 Å². The van der Waals surface area contributed by atoms with Gasteiger partial charge in [-0.2, -0.15) is 0 Å². The Morgan fingerprint density at radius 2 is 1.94 bits per heavy atom. The van der Waals surface area contributed by atoms with Crippen molar-refractivity contribution in [3.05, 3.63) is 29.8 Å². The number of hydrogen-bond acceptors (Lipinski definition) is 2. The minimum Gasteiger partial charge on any atom is -0.497 e. The van der Waals surface area contributed by atoms with E-state index in [1.165, 1.54) is 7.11 Å². The molecular formula is C9H11BF3KO2. The van der Waals surface area contributed by atoms with Crippen molar-refractivity contribution in [1.29, 1.82) is 0 Å². The molecule has 2 nitrogen and oxygen atoms in total. The number of hydrogen-bond donors (Lipinski definition) is 0. The average Bonchev–Trinajstić information content (AvgIpc) is 2.16. The van der Waals surface area contributed by atoms with E-state index in [1.54, 1.807) is 24.3 Å². The molecule has 0 spiro atoms. The molecule has 0 aliphatic rings. The van der Waals surface area contributed by atoms with Gasteiger partial charge in [-0.25, -0.2) is 0 Å². The minimum atomic E-state index is -4.87. The summed E-state index contributed by atoms with van der Waals surface area (Å²) in [4.78, 5) is 0. The molecule has 0 aromatic heterocycles. The van der Waals surface area contributed by atoms with Crippen LogP contribution in [0.4, 0.5) is 12.9 Å². The van der Waals surface area contributed by atoms with Gasteiger partial charge in [-0.05, 0) is 17.7 Å². The van der Waals surface area contributed by atoms with Crippen molar-refractivity contribution in [3.63, 3.8) is 0 Å². The van der Waals surface area contributed by atoms with Crippen LogP contribution in [0, 0.1) is 0 Å². The Balaban J connectivity index is 0.00000225. The van der Waals surface area contributed by atoms with Gasteiger partial charge in [0, 0.05) is 6.51 Å². The molecule has 1 rings (SSSR count). The van der Waals surface area contributed by atoms with E-state index in [0.717, 1.165) is 0 Å². The molecule has 0 saturated carbocycles. The van der Waals surface area contributed by atoms with Gasteiger partial charge in [0.25, 0.3) is 0 Å². The number of ether oxygens (including phenoxy) is 2. The van der Waals surface area contributed by atoms with E-state index in [4.69, 9.17) is 4.74 Å². The third-order valence-corrected chi connectivity index (χ3v) is 1.71. The fourth-order valence-electron chi connectivity index (χ4n) is 1.07. The van der Waals surface area contributed by atoms with Crippen molar-refractivity contribution in [2.45, 2.75) is 6.61 Å². The second-order valence-corrected chi connectivity index (χ2v) is 3.08. The molecule has 0 bridgehead atoms. The molecule has 0 aliphatic heterocycles. The Kier molecular flexibility index (Phi) is 7.96. The van der Waals surface area contributed by atoms with Crippen LogP contribution in [-0.2, 0) is 11.3 Å². The Bertz CT molecular complexity index is 320. The Hall–Kier alpha value is 0.471. The molecule has 0 fully saturated rings. The van der Waals surface area contributed by atoms with E-state index < -0.39 is 13.5 Å². The van der Waals surface area contributed by atoms with Crippen molar-refractivity contribution in [2.24, 2.45) is 0 Å². The van der Waals surface area contributed by atoms with Crippen LogP contribution in [0.5, 0.6) is 5.75 Å². The van der Waals surface area contributed by atoms with Crippen LogP contribution in [0.2, 0.25) is 0 Å². The Morgan fingerprint density at radius 1 is 1.25 bits per heavy atom. The van der Waals surface area contributed by atoms with E-state index in [0.29, 0.717) is 11.3 Å². The molecule has 7 heteroatoms. The molecule has 16 heavy (non-hydrogen) atoms. The zero-order valence-electron chi connectivity index (χ0n) is 9.25.